The molecule has 1 saturated heterocycles. The second kappa shape index (κ2) is 8.50. The molecule has 27 heavy (non-hydrogen) atoms. The Morgan fingerprint density at radius 1 is 1.26 bits per heavy atom. The first-order valence-corrected chi connectivity index (χ1v) is 9.69. The van der Waals surface area contributed by atoms with E-state index in [0.717, 1.165) is 5.69 Å². The van der Waals surface area contributed by atoms with E-state index < -0.39 is 12.2 Å². The van der Waals surface area contributed by atoms with Crippen LogP contribution >= 0.6 is 0 Å². The van der Waals surface area contributed by atoms with Crippen molar-refractivity contribution in [2.45, 2.75) is 57.4 Å². The number of nitrogens with zero attached hydrogens (tertiary/aromatic N) is 5. The third kappa shape index (κ3) is 4.94. The number of piperazine rings is 1. The lowest BCUT2D eigenvalue weighted by atomic mass is 10.2. The van der Waals surface area contributed by atoms with Gasteiger partial charge in [0.1, 0.15) is 6.04 Å². The van der Waals surface area contributed by atoms with Crippen LogP contribution in [-0.4, -0.2) is 71.0 Å². The van der Waals surface area contributed by atoms with Gasteiger partial charge < -0.3 is 10.2 Å². The molecule has 1 aromatic heterocycles. The van der Waals surface area contributed by atoms with Gasteiger partial charge in [0, 0.05) is 39.4 Å². The van der Waals surface area contributed by atoms with Gasteiger partial charge in [0.2, 0.25) is 0 Å². The standard InChI is InChI=1S/C18H29F3N6/c1-14(18(19,20)21)25-9-11-26(12-10-25)17(22-2)23-13-15-7-8-27(24-15)16-5-3-4-6-16/h7-8,14,16H,3-6,9-13H2,1-2H3,(H,22,23). The van der Waals surface area contributed by atoms with E-state index in [1.807, 2.05) is 17.2 Å². The SMILES string of the molecule is CN=C(NCc1ccn(C2CCCC2)n1)N1CCN(C(C)C(F)(F)F)CC1. The summed E-state index contributed by atoms with van der Waals surface area (Å²) < 4.78 is 40.7. The molecule has 3 rings (SSSR count). The van der Waals surface area contributed by atoms with Crippen molar-refractivity contribution in [1.29, 1.82) is 0 Å². The van der Waals surface area contributed by atoms with Gasteiger partial charge in [0.05, 0.1) is 18.3 Å². The zero-order chi connectivity index (χ0) is 19.4. The number of hydrogen-bond acceptors (Lipinski definition) is 3. The van der Waals surface area contributed by atoms with Gasteiger partial charge in [-0.05, 0) is 25.8 Å². The molecule has 1 N–H and O–H groups in total. The van der Waals surface area contributed by atoms with Crippen molar-refractivity contribution in [1.82, 2.24) is 24.9 Å². The number of rotatable bonds is 4. The number of hydrogen-bond donors (Lipinski definition) is 1. The molecule has 152 valence electrons. The van der Waals surface area contributed by atoms with Gasteiger partial charge in [0.15, 0.2) is 5.96 Å². The molecule has 1 atom stereocenters. The number of aromatic nitrogens is 2. The summed E-state index contributed by atoms with van der Waals surface area (Å²) in [5, 5.41) is 7.95. The summed E-state index contributed by atoms with van der Waals surface area (Å²) in [6.07, 6.45) is 2.77. The van der Waals surface area contributed by atoms with Gasteiger partial charge in [-0.15, -0.1) is 0 Å². The molecule has 1 saturated carbocycles. The first kappa shape index (κ1) is 20.0. The van der Waals surface area contributed by atoms with Crippen molar-refractivity contribution in [2.75, 3.05) is 33.2 Å². The van der Waals surface area contributed by atoms with Crippen molar-refractivity contribution in [3.8, 4) is 0 Å². The van der Waals surface area contributed by atoms with E-state index in [2.05, 4.69) is 20.1 Å². The van der Waals surface area contributed by atoms with E-state index in [-0.39, 0.29) is 0 Å². The van der Waals surface area contributed by atoms with Gasteiger partial charge in [-0.1, -0.05) is 12.8 Å². The lowest BCUT2D eigenvalue weighted by molar-refractivity contribution is -0.181. The second-order valence-electron chi connectivity index (χ2n) is 7.37. The average Bonchev–Trinajstić information content (AvgIpc) is 3.33. The Hall–Kier alpha value is -1.77. The Kier molecular flexibility index (Phi) is 6.29. The highest BCUT2D eigenvalue weighted by atomic mass is 19.4. The number of guanidine groups is 1. The summed E-state index contributed by atoms with van der Waals surface area (Å²) in [6.45, 7) is 3.58. The van der Waals surface area contributed by atoms with Crippen LogP contribution in [0.1, 0.15) is 44.3 Å². The molecular weight excluding hydrogens is 357 g/mol. The molecule has 1 aliphatic carbocycles. The maximum Gasteiger partial charge on any atom is 0.403 e. The van der Waals surface area contributed by atoms with Gasteiger partial charge in [-0.3, -0.25) is 14.6 Å². The summed E-state index contributed by atoms with van der Waals surface area (Å²) in [5.41, 5.74) is 0.951. The average molecular weight is 386 g/mol. The van der Waals surface area contributed by atoms with Gasteiger partial charge in [-0.25, -0.2) is 0 Å². The monoisotopic (exact) mass is 386 g/mol. The molecule has 6 nitrogen and oxygen atoms in total. The third-order valence-electron chi connectivity index (χ3n) is 5.64. The van der Waals surface area contributed by atoms with Crippen LogP contribution in [0, 0.1) is 0 Å². The van der Waals surface area contributed by atoms with Crippen LogP contribution in [0.4, 0.5) is 13.2 Å². The van der Waals surface area contributed by atoms with Crippen molar-refractivity contribution < 1.29 is 13.2 Å². The Labute approximate surface area is 158 Å². The van der Waals surface area contributed by atoms with Crippen molar-refractivity contribution in [2.24, 2.45) is 4.99 Å². The number of nitrogens with one attached hydrogen (secondary N) is 1. The highest BCUT2D eigenvalue weighted by Gasteiger charge is 2.41. The first-order valence-electron chi connectivity index (χ1n) is 9.69. The number of halogens is 3. The Morgan fingerprint density at radius 3 is 2.52 bits per heavy atom. The molecule has 0 aromatic carbocycles. The van der Waals surface area contributed by atoms with E-state index in [1.165, 1.54) is 37.5 Å². The summed E-state index contributed by atoms with van der Waals surface area (Å²) in [5.74, 6) is 0.713. The number of aliphatic imine (C=N–C) groups is 1. The zero-order valence-electron chi connectivity index (χ0n) is 16.0. The third-order valence-corrected chi connectivity index (χ3v) is 5.64. The lowest BCUT2D eigenvalue weighted by Gasteiger charge is -2.39. The molecule has 0 bridgehead atoms. The van der Waals surface area contributed by atoms with Crippen LogP contribution in [0.2, 0.25) is 0 Å². The minimum Gasteiger partial charge on any atom is -0.351 e. The minimum atomic E-state index is -4.18. The van der Waals surface area contributed by atoms with Crippen LogP contribution in [0.15, 0.2) is 17.3 Å². The summed E-state index contributed by atoms with van der Waals surface area (Å²) in [4.78, 5) is 7.77. The molecule has 0 amide bonds. The Bertz CT molecular complexity index is 627. The molecule has 0 spiro atoms. The fourth-order valence-corrected chi connectivity index (χ4v) is 3.87. The molecule has 2 heterocycles. The summed E-state index contributed by atoms with van der Waals surface area (Å²) >= 11 is 0. The maximum absolute atomic E-state index is 12.9. The largest absolute Gasteiger partial charge is 0.403 e. The second-order valence-corrected chi connectivity index (χ2v) is 7.37. The lowest BCUT2D eigenvalue weighted by Crippen LogP contribution is -2.56. The number of alkyl halides is 3. The quantitative estimate of drug-likeness (QED) is 0.639. The Balaban J connectivity index is 1.49. The first-order chi connectivity index (χ1) is 12.9. The van der Waals surface area contributed by atoms with Crippen molar-refractivity contribution >= 4 is 5.96 Å². The van der Waals surface area contributed by atoms with Crippen LogP contribution in [0.25, 0.3) is 0 Å². The summed E-state index contributed by atoms with van der Waals surface area (Å²) in [7, 11) is 1.70. The van der Waals surface area contributed by atoms with Crippen molar-refractivity contribution in [3.05, 3.63) is 18.0 Å². The van der Waals surface area contributed by atoms with E-state index in [9.17, 15) is 13.2 Å². The fraction of sp³-hybridized carbons (Fsp3) is 0.778. The van der Waals surface area contributed by atoms with E-state index in [0.29, 0.717) is 44.7 Å². The molecule has 1 aromatic rings. The predicted octanol–water partition coefficient (Wildman–Crippen LogP) is 2.64. The van der Waals surface area contributed by atoms with Gasteiger partial charge in [-0.2, -0.15) is 18.3 Å². The van der Waals surface area contributed by atoms with Crippen LogP contribution in [0.5, 0.6) is 0 Å². The highest BCUT2D eigenvalue weighted by molar-refractivity contribution is 5.79. The maximum atomic E-state index is 12.9. The molecule has 1 aliphatic heterocycles. The van der Waals surface area contributed by atoms with Crippen LogP contribution in [0.3, 0.4) is 0 Å². The van der Waals surface area contributed by atoms with Crippen molar-refractivity contribution in [3.63, 3.8) is 0 Å². The molecule has 2 fully saturated rings. The normalized spacial score (nSPS) is 21.7. The van der Waals surface area contributed by atoms with Gasteiger partial charge >= 0.3 is 6.18 Å². The van der Waals surface area contributed by atoms with Crippen LogP contribution in [-0.2, 0) is 6.54 Å². The predicted molar refractivity (Wildman–Crippen MR) is 98.6 cm³/mol. The molecular formula is C18H29F3N6. The summed E-state index contributed by atoms with van der Waals surface area (Å²) in [6, 6.07) is 1.12. The van der Waals surface area contributed by atoms with E-state index in [1.54, 1.807) is 7.05 Å². The van der Waals surface area contributed by atoms with E-state index >= 15 is 0 Å². The highest BCUT2D eigenvalue weighted by Crippen LogP contribution is 2.28. The Morgan fingerprint density at radius 2 is 1.93 bits per heavy atom. The zero-order valence-corrected chi connectivity index (χ0v) is 16.0. The fourth-order valence-electron chi connectivity index (χ4n) is 3.87. The molecule has 0 radical (unpaired) electrons. The smallest absolute Gasteiger partial charge is 0.351 e. The molecule has 9 heteroatoms. The van der Waals surface area contributed by atoms with Crippen LogP contribution < -0.4 is 5.32 Å². The van der Waals surface area contributed by atoms with E-state index in [4.69, 9.17) is 0 Å². The van der Waals surface area contributed by atoms with Gasteiger partial charge in [0.25, 0.3) is 0 Å². The minimum absolute atomic E-state index is 0.373. The molecule has 2 aliphatic rings. The topological polar surface area (TPSA) is 48.7 Å². The molecule has 1 unspecified atom stereocenters.